The zero-order valence-electron chi connectivity index (χ0n) is 36.3. The smallest absolute Gasteiger partial charge is 0.262 e. The fourth-order valence-electron chi connectivity index (χ4n) is 7.51. The number of piperidine rings is 1. The van der Waals surface area contributed by atoms with Gasteiger partial charge < -0.3 is 19.5 Å². The van der Waals surface area contributed by atoms with Crippen LogP contribution in [-0.2, 0) is 42.9 Å². The second kappa shape index (κ2) is 22.1. The maximum Gasteiger partial charge on any atom is 0.262 e. The van der Waals surface area contributed by atoms with E-state index >= 15 is 0 Å². The molecule has 1 aromatic heterocycles. The fourth-order valence-corrected chi connectivity index (χ4v) is 7.90. The van der Waals surface area contributed by atoms with E-state index in [1.54, 1.807) is 30.5 Å². The van der Waals surface area contributed by atoms with Crippen LogP contribution in [0.3, 0.4) is 0 Å². The lowest BCUT2D eigenvalue weighted by Gasteiger charge is -2.27. The standard InChI is InChI=1S/C47H58N6O9S/c1-47(2,34-14-19-38(20-15-34)62-32-36-24-26-49-42(51-36)31-50-63(3,58)59)33-12-17-37(18-13-33)61-29-10-7-5-4-6-9-27-60-28-11-8-25-48-35-16-21-39-40(30-35)46(57)53(45(39)56)41-22-23-43(54)52-44(41)55/h12-21,24,26,30,41,48,50H,4-11,22-23,25,27-29,31-32H2,1-3H3,(H,52,54,55). The zero-order chi connectivity index (χ0) is 44.8. The molecule has 3 N–H and O–H groups in total. The van der Waals surface area contributed by atoms with Crippen molar-refractivity contribution >= 4 is 39.3 Å². The summed E-state index contributed by atoms with van der Waals surface area (Å²) >= 11 is 0. The summed E-state index contributed by atoms with van der Waals surface area (Å²) in [5, 5.41) is 5.52. The highest BCUT2D eigenvalue weighted by Crippen LogP contribution is 2.34. The number of nitrogens with zero attached hydrogens (tertiary/aromatic N) is 3. The maximum absolute atomic E-state index is 13.0. The van der Waals surface area contributed by atoms with E-state index in [4.69, 9.17) is 14.2 Å². The van der Waals surface area contributed by atoms with Crippen molar-refractivity contribution in [3.63, 3.8) is 0 Å². The lowest BCUT2D eigenvalue weighted by Crippen LogP contribution is -2.54. The average molecular weight is 883 g/mol. The molecular formula is C47H58N6O9S. The van der Waals surface area contributed by atoms with E-state index in [-0.39, 0.29) is 42.5 Å². The Morgan fingerprint density at radius 1 is 0.762 bits per heavy atom. The monoisotopic (exact) mass is 882 g/mol. The Morgan fingerprint density at radius 3 is 2.05 bits per heavy atom. The van der Waals surface area contributed by atoms with Crippen molar-refractivity contribution in [2.24, 2.45) is 0 Å². The molecule has 1 saturated heterocycles. The summed E-state index contributed by atoms with van der Waals surface area (Å²) in [6.45, 7) is 7.44. The summed E-state index contributed by atoms with van der Waals surface area (Å²) in [6.07, 6.45) is 11.3. The van der Waals surface area contributed by atoms with Crippen LogP contribution < -0.4 is 24.8 Å². The normalized spacial score (nSPS) is 15.3. The highest BCUT2D eigenvalue weighted by Gasteiger charge is 2.44. The molecule has 1 fully saturated rings. The van der Waals surface area contributed by atoms with Crippen LogP contribution in [-0.4, -0.2) is 85.6 Å². The topological polar surface area (TPSA) is 195 Å². The summed E-state index contributed by atoms with van der Waals surface area (Å²) in [6, 6.07) is 22.1. The number of unbranched alkanes of at least 4 members (excludes halogenated alkanes) is 6. The molecule has 4 aromatic rings. The van der Waals surface area contributed by atoms with Crippen LogP contribution in [0.4, 0.5) is 5.69 Å². The molecule has 2 aliphatic heterocycles. The van der Waals surface area contributed by atoms with E-state index in [0.717, 1.165) is 79.7 Å². The third kappa shape index (κ3) is 13.4. The predicted octanol–water partition coefficient (Wildman–Crippen LogP) is 6.46. The van der Waals surface area contributed by atoms with Crippen LogP contribution in [0.1, 0.15) is 121 Å². The Labute approximate surface area is 369 Å². The largest absolute Gasteiger partial charge is 0.494 e. The summed E-state index contributed by atoms with van der Waals surface area (Å²) in [4.78, 5) is 59.2. The van der Waals surface area contributed by atoms with Crippen LogP contribution in [0.2, 0.25) is 0 Å². The summed E-state index contributed by atoms with van der Waals surface area (Å²) in [5.41, 5.74) is 4.01. The number of anilines is 1. The second-order valence-corrected chi connectivity index (χ2v) is 18.3. The van der Waals surface area contributed by atoms with Gasteiger partial charge >= 0.3 is 0 Å². The van der Waals surface area contributed by atoms with E-state index in [0.29, 0.717) is 37.0 Å². The number of carbonyl (C=O) groups is 4. The SMILES string of the molecule is CC(C)(c1ccc(OCCCCCCCCOCCCCNc2ccc3c(c2)C(=O)N(C2CCC(=O)NC2=O)C3=O)cc1)c1ccc(OCc2ccnc(CNS(C)(=O)=O)n2)cc1. The van der Waals surface area contributed by atoms with Gasteiger partial charge in [-0.15, -0.1) is 0 Å². The van der Waals surface area contributed by atoms with Crippen molar-refractivity contribution in [3.8, 4) is 11.5 Å². The number of carbonyl (C=O) groups excluding carboxylic acids is 4. The predicted molar refractivity (Wildman–Crippen MR) is 238 cm³/mol. The van der Waals surface area contributed by atoms with Gasteiger partial charge in [-0.25, -0.2) is 23.1 Å². The van der Waals surface area contributed by atoms with E-state index in [1.807, 2.05) is 24.3 Å². The molecule has 0 aliphatic carbocycles. The molecule has 3 aromatic carbocycles. The third-order valence-electron chi connectivity index (χ3n) is 11.2. The molecule has 1 atom stereocenters. The van der Waals surface area contributed by atoms with Crippen molar-refractivity contribution < 1.29 is 41.8 Å². The number of hydrogen-bond acceptors (Lipinski definition) is 12. The van der Waals surface area contributed by atoms with Gasteiger partial charge in [-0.05, 0) is 91.8 Å². The minimum atomic E-state index is -3.34. The molecule has 15 nitrogen and oxygen atoms in total. The number of fused-ring (bicyclic) bond motifs is 1. The molecule has 0 bridgehead atoms. The zero-order valence-corrected chi connectivity index (χ0v) is 37.1. The molecule has 0 saturated carbocycles. The molecule has 3 heterocycles. The summed E-state index contributed by atoms with van der Waals surface area (Å²) in [5.74, 6) is -0.0876. The summed E-state index contributed by atoms with van der Waals surface area (Å²) < 4.78 is 43.0. The average Bonchev–Trinajstić information content (AvgIpc) is 3.51. The molecule has 0 radical (unpaired) electrons. The molecule has 1 unspecified atom stereocenters. The van der Waals surface area contributed by atoms with Crippen molar-refractivity contribution in [1.29, 1.82) is 0 Å². The van der Waals surface area contributed by atoms with E-state index < -0.39 is 39.7 Å². The minimum absolute atomic E-state index is 0.0215. The molecule has 336 valence electrons. The Hall–Kier alpha value is -5.71. The fraction of sp³-hybridized carbons (Fsp3) is 0.447. The Bertz CT molecular complexity index is 2320. The number of rotatable bonds is 25. The van der Waals surface area contributed by atoms with Gasteiger partial charge in [0.25, 0.3) is 11.8 Å². The van der Waals surface area contributed by atoms with Crippen molar-refractivity contribution in [3.05, 3.63) is 113 Å². The molecular weight excluding hydrogens is 825 g/mol. The molecule has 4 amide bonds. The van der Waals surface area contributed by atoms with Crippen LogP contribution >= 0.6 is 0 Å². The number of amides is 4. The van der Waals surface area contributed by atoms with Crippen LogP contribution in [0, 0.1) is 0 Å². The molecule has 2 aliphatic rings. The van der Waals surface area contributed by atoms with E-state index in [1.165, 1.54) is 12.0 Å². The first-order valence-electron chi connectivity index (χ1n) is 21.7. The van der Waals surface area contributed by atoms with Crippen molar-refractivity contribution in [2.75, 3.05) is 37.9 Å². The lowest BCUT2D eigenvalue weighted by atomic mass is 9.78. The van der Waals surface area contributed by atoms with Crippen molar-refractivity contribution in [1.82, 2.24) is 24.9 Å². The number of ether oxygens (including phenoxy) is 3. The van der Waals surface area contributed by atoms with E-state index in [9.17, 15) is 27.6 Å². The highest BCUT2D eigenvalue weighted by atomic mass is 32.2. The van der Waals surface area contributed by atoms with Crippen LogP contribution in [0.25, 0.3) is 0 Å². The van der Waals surface area contributed by atoms with Gasteiger partial charge in [-0.2, -0.15) is 0 Å². The van der Waals surface area contributed by atoms with Crippen LogP contribution in [0.15, 0.2) is 79.0 Å². The number of nitrogens with one attached hydrogen (secondary N) is 3. The molecule has 16 heteroatoms. The number of benzene rings is 3. The third-order valence-corrected chi connectivity index (χ3v) is 11.9. The molecule has 63 heavy (non-hydrogen) atoms. The second-order valence-electron chi connectivity index (χ2n) is 16.4. The van der Waals surface area contributed by atoms with Crippen LogP contribution in [0.5, 0.6) is 11.5 Å². The number of imide groups is 2. The van der Waals surface area contributed by atoms with E-state index in [2.05, 4.69) is 63.4 Å². The molecule has 0 spiro atoms. The maximum atomic E-state index is 13.0. The first-order valence-corrected chi connectivity index (χ1v) is 23.6. The van der Waals surface area contributed by atoms with Gasteiger partial charge in [-0.3, -0.25) is 29.4 Å². The van der Waals surface area contributed by atoms with Gasteiger partial charge in [-0.1, -0.05) is 63.8 Å². The first-order chi connectivity index (χ1) is 30.3. The van der Waals surface area contributed by atoms with Gasteiger partial charge in [0.1, 0.15) is 30.0 Å². The minimum Gasteiger partial charge on any atom is -0.494 e. The lowest BCUT2D eigenvalue weighted by molar-refractivity contribution is -0.136. The Kier molecular flexibility index (Phi) is 16.4. The van der Waals surface area contributed by atoms with Gasteiger partial charge in [0, 0.05) is 43.5 Å². The first kappa shape index (κ1) is 46.8. The Morgan fingerprint density at radius 2 is 1.38 bits per heavy atom. The number of sulfonamides is 1. The van der Waals surface area contributed by atoms with Gasteiger partial charge in [0.05, 0.1) is 36.2 Å². The van der Waals surface area contributed by atoms with Gasteiger partial charge in [0.15, 0.2) is 0 Å². The quantitative estimate of drug-likeness (QED) is 0.0487. The molecule has 6 rings (SSSR count). The van der Waals surface area contributed by atoms with Crippen molar-refractivity contribution in [2.45, 2.75) is 103 Å². The van der Waals surface area contributed by atoms with Gasteiger partial charge in [0.2, 0.25) is 21.8 Å². The Balaban J connectivity index is 0.774. The highest BCUT2D eigenvalue weighted by molar-refractivity contribution is 7.88. The number of aromatic nitrogens is 2. The number of hydrogen-bond donors (Lipinski definition) is 3. The summed E-state index contributed by atoms with van der Waals surface area (Å²) in [7, 11) is -3.34.